The van der Waals surface area contributed by atoms with E-state index in [-0.39, 0.29) is 11.9 Å². The summed E-state index contributed by atoms with van der Waals surface area (Å²) in [5.41, 5.74) is 1.83. The van der Waals surface area contributed by atoms with Gasteiger partial charge in [-0.05, 0) is 37.1 Å². The molecule has 1 aromatic heterocycles. The highest BCUT2D eigenvalue weighted by atomic mass is 35.5. The van der Waals surface area contributed by atoms with Crippen LogP contribution in [0.15, 0.2) is 34.6 Å². The first-order valence-corrected chi connectivity index (χ1v) is 8.33. The molecule has 0 unspecified atom stereocenters. The van der Waals surface area contributed by atoms with Crippen LogP contribution in [0.2, 0.25) is 0 Å². The average Bonchev–Trinajstić information content (AvgIpc) is 3.15. The van der Waals surface area contributed by atoms with Gasteiger partial charge in [0.1, 0.15) is 5.82 Å². The van der Waals surface area contributed by atoms with E-state index in [1.54, 1.807) is 23.5 Å². The van der Waals surface area contributed by atoms with Gasteiger partial charge in [-0.15, -0.1) is 22.9 Å². The lowest BCUT2D eigenvalue weighted by molar-refractivity contribution is 0.117. The van der Waals surface area contributed by atoms with Gasteiger partial charge in [0.2, 0.25) is 0 Å². The summed E-state index contributed by atoms with van der Waals surface area (Å²) in [6.45, 7) is 1.49. The van der Waals surface area contributed by atoms with Gasteiger partial charge in [0, 0.05) is 17.7 Å². The lowest BCUT2D eigenvalue weighted by Gasteiger charge is -2.08. The predicted molar refractivity (Wildman–Crippen MR) is 82.6 cm³/mol. The smallest absolute Gasteiger partial charge is 0.189 e. The third kappa shape index (κ3) is 3.36. The topological polar surface area (TPSA) is 26.5 Å². The van der Waals surface area contributed by atoms with Crippen LogP contribution in [0.4, 0.5) is 4.39 Å². The van der Waals surface area contributed by atoms with Crippen molar-refractivity contribution in [2.24, 2.45) is 4.99 Å². The van der Waals surface area contributed by atoms with Gasteiger partial charge in [-0.25, -0.2) is 4.39 Å². The van der Waals surface area contributed by atoms with Crippen molar-refractivity contribution in [1.29, 1.82) is 0 Å². The van der Waals surface area contributed by atoms with Gasteiger partial charge in [0.05, 0.1) is 24.2 Å². The molecule has 3 nitrogen and oxygen atoms in total. The van der Waals surface area contributed by atoms with Crippen molar-refractivity contribution in [2.75, 3.05) is 13.2 Å². The number of halogens is 2. The molecule has 1 aliphatic heterocycles. The average molecular weight is 327 g/mol. The van der Waals surface area contributed by atoms with Crippen molar-refractivity contribution < 1.29 is 9.13 Å². The largest absolute Gasteiger partial charge is 0.376 e. The molecular formula is C15H16ClFN2OS. The van der Waals surface area contributed by atoms with Gasteiger partial charge in [-0.3, -0.25) is 9.56 Å². The Morgan fingerprint density at radius 3 is 2.86 bits per heavy atom. The molecule has 6 heteroatoms. The Bertz CT molecular complexity index is 659. The van der Waals surface area contributed by atoms with Gasteiger partial charge in [-0.2, -0.15) is 0 Å². The van der Waals surface area contributed by atoms with Crippen molar-refractivity contribution in [1.82, 2.24) is 4.57 Å². The van der Waals surface area contributed by atoms with E-state index in [2.05, 4.69) is 4.99 Å². The van der Waals surface area contributed by atoms with Crippen molar-refractivity contribution in [3.05, 3.63) is 46.0 Å². The van der Waals surface area contributed by atoms with E-state index in [0.717, 1.165) is 35.6 Å². The second kappa shape index (κ2) is 6.73. The summed E-state index contributed by atoms with van der Waals surface area (Å²) in [7, 11) is 0. The van der Waals surface area contributed by atoms with E-state index < -0.39 is 0 Å². The van der Waals surface area contributed by atoms with E-state index in [4.69, 9.17) is 16.3 Å². The van der Waals surface area contributed by atoms with Crippen molar-refractivity contribution in [2.45, 2.75) is 24.8 Å². The monoisotopic (exact) mass is 326 g/mol. The zero-order chi connectivity index (χ0) is 14.7. The number of hydrogen-bond donors (Lipinski definition) is 0. The maximum absolute atomic E-state index is 13.1. The maximum atomic E-state index is 13.1. The second-order valence-corrected chi connectivity index (χ2v) is 6.03. The van der Waals surface area contributed by atoms with Crippen molar-refractivity contribution in [3.63, 3.8) is 0 Å². The molecule has 1 aromatic carbocycles. The lowest BCUT2D eigenvalue weighted by Crippen LogP contribution is -2.19. The minimum atomic E-state index is -0.250. The molecule has 0 saturated carbocycles. The fraction of sp³-hybridized carbons (Fsp3) is 0.400. The zero-order valence-electron chi connectivity index (χ0n) is 11.5. The number of alkyl halides is 1. The molecule has 21 heavy (non-hydrogen) atoms. The van der Waals surface area contributed by atoms with Crippen molar-refractivity contribution in [3.8, 4) is 5.69 Å². The van der Waals surface area contributed by atoms with Crippen LogP contribution in [-0.2, 0) is 10.6 Å². The van der Waals surface area contributed by atoms with Crippen LogP contribution in [0, 0.1) is 5.82 Å². The van der Waals surface area contributed by atoms with E-state index in [9.17, 15) is 4.39 Å². The summed E-state index contributed by atoms with van der Waals surface area (Å²) in [5.74, 6) is 0.142. The maximum Gasteiger partial charge on any atom is 0.189 e. The minimum Gasteiger partial charge on any atom is -0.376 e. The molecule has 2 aromatic rings. The SMILES string of the molecule is Fc1ccc(-n2c(CCl)csc2=NC[C@@H]2CCCO2)cc1. The standard InChI is InChI=1S/C15H16ClFN2OS/c16-8-13-10-21-15(18-9-14-2-1-7-20-14)19(13)12-5-3-11(17)4-6-12/h3-6,10,14H,1-2,7-9H2/t14-/m0/s1. The highest BCUT2D eigenvalue weighted by Gasteiger charge is 2.15. The van der Waals surface area contributed by atoms with Gasteiger partial charge < -0.3 is 4.74 Å². The first-order valence-electron chi connectivity index (χ1n) is 6.91. The Morgan fingerprint density at radius 2 is 2.19 bits per heavy atom. The van der Waals surface area contributed by atoms with Crippen LogP contribution >= 0.6 is 22.9 Å². The molecule has 0 radical (unpaired) electrons. The fourth-order valence-electron chi connectivity index (χ4n) is 2.38. The molecule has 1 aliphatic rings. The van der Waals surface area contributed by atoms with Gasteiger partial charge in [0.25, 0.3) is 0 Å². The summed E-state index contributed by atoms with van der Waals surface area (Å²) in [4.78, 5) is 5.53. The highest BCUT2D eigenvalue weighted by molar-refractivity contribution is 7.07. The van der Waals surface area contributed by atoms with E-state index in [1.165, 1.54) is 12.1 Å². The van der Waals surface area contributed by atoms with Crippen LogP contribution in [0.1, 0.15) is 18.5 Å². The van der Waals surface area contributed by atoms with Gasteiger partial charge >= 0.3 is 0 Å². The number of benzene rings is 1. The number of thiazole rings is 1. The summed E-state index contributed by atoms with van der Waals surface area (Å²) in [5, 5.41) is 1.99. The van der Waals surface area contributed by atoms with Crippen molar-refractivity contribution >= 4 is 22.9 Å². The summed E-state index contributed by atoms with van der Waals surface area (Å²) in [6, 6.07) is 6.37. The molecule has 0 N–H and O–H groups in total. The zero-order valence-corrected chi connectivity index (χ0v) is 13.0. The van der Waals surface area contributed by atoms with E-state index >= 15 is 0 Å². The third-order valence-electron chi connectivity index (χ3n) is 3.45. The molecule has 0 aliphatic carbocycles. The van der Waals surface area contributed by atoms with Crippen LogP contribution in [0.3, 0.4) is 0 Å². The number of aromatic nitrogens is 1. The Labute approximate surface area is 131 Å². The number of hydrogen-bond acceptors (Lipinski definition) is 3. The molecule has 0 bridgehead atoms. The first kappa shape index (κ1) is 14.8. The Hall–Kier alpha value is -1.17. The minimum absolute atomic E-state index is 0.216. The fourth-order valence-corrected chi connectivity index (χ4v) is 3.58. The molecule has 1 fully saturated rings. The Kier molecular flexibility index (Phi) is 4.73. The first-order chi connectivity index (χ1) is 10.3. The molecule has 112 valence electrons. The molecule has 0 amide bonds. The van der Waals surface area contributed by atoms with Crippen LogP contribution in [-0.4, -0.2) is 23.8 Å². The van der Waals surface area contributed by atoms with E-state index in [0.29, 0.717) is 12.4 Å². The number of nitrogens with zero attached hydrogens (tertiary/aromatic N) is 2. The van der Waals surface area contributed by atoms with Gasteiger partial charge in [0.15, 0.2) is 4.80 Å². The number of ether oxygens (including phenoxy) is 1. The third-order valence-corrected chi connectivity index (χ3v) is 4.64. The highest BCUT2D eigenvalue weighted by Crippen LogP contribution is 2.15. The Balaban J connectivity index is 1.95. The lowest BCUT2D eigenvalue weighted by atomic mass is 10.2. The molecular weight excluding hydrogens is 311 g/mol. The molecule has 3 rings (SSSR count). The molecule has 1 atom stereocenters. The van der Waals surface area contributed by atoms with Crippen LogP contribution < -0.4 is 4.80 Å². The second-order valence-electron chi connectivity index (χ2n) is 4.93. The van der Waals surface area contributed by atoms with Gasteiger partial charge in [-0.1, -0.05) is 0 Å². The predicted octanol–water partition coefficient (Wildman–Crippen LogP) is 3.50. The Morgan fingerprint density at radius 1 is 1.38 bits per heavy atom. The van der Waals surface area contributed by atoms with E-state index in [1.807, 2.05) is 9.95 Å². The van der Waals surface area contributed by atoms with Crippen LogP contribution in [0.5, 0.6) is 0 Å². The quantitative estimate of drug-likeness (QED) is 0.790. The number of rotatable bonds is 4. The summed E-state index contributed by atoms with van der Waals surface area (Å²) >= 11 is 7.54. The normalized spacial score (nSPS) is 19.3. The molecule has 1 saturated heterocycles. The summed E-state index contributed by atoms with van der Waals surface area (Å²) in [6.07, 6.45) is 2.39. The molecule has 2 heterocycles. The summed E-state index contributed by atoms with van der Waals surface area (Å²) < 4.78 is 20.7. The van der Waals surface area contributed by atoms with Crippen LogP contribution in [0.25, 0.3) is 5.69 Å². The molecule has 0 spiro atoms.